The Morgan fingerprint density at radius 2 is 1.50 bits per heavy atom. The van der Waals surface area contributed by atoms with Crippen molar-refractivity contribution in [1.29, 1.82) is 0 Å². The minimum atomic E-state index is -1.18. The highest BCUT2D eigenvalue weighted by molar-refractivity contribution is 7.93. The molecule has 263 valence electrons. The van der Waals surface area contributed by atoms with E-state index in [1.165, 1.54) is 14.0 Å². The van der Waals surface area contributed by atoms with Gasteiger partial charge in [0.1, 0.15) is 12.3 Å². The molecular weight excluding hydrogens is 653 g/mol. The predicted octanol–water partition coefficient (Wildman–Crippen LogP) is -2.08. The van der Waals surface area contributed by atoms with Crippen LogP contribution in [-0.4, -0.2) is 123 Å². The number of halogens is 1. The summed E-state index contributed by atoms with van der Waals surface area (Å²) in [4.78, 5) is 58.5. The summed E-state index contributed by atoms with van der Waals surface area (Å²) in [5.74, 6) is 8.63. The fraction of sp³-hybridized carbons (Fsp3) is 0.656. The number of alkyl halides is 1. The Bertz CT molecular complexity index is 1360. The van der Waals surface area contributed by atoms with Crippen molar-refractivity contribution in [1.82, 2.24) is 5.32 Å². The molecule has 0 spiro atoms. The molecule has 3 amide bonds. The Morgan fingerprint density at radius 3 is 1.87 bits per heavy atom. The van der Waals surface area contributed by atoms with E-state index in [2.05, 4.69) is 34.9 Å². The molecule has 11 radical (unpaired) electrons. The summed E-state index contributed by atoms with van der Waals surface area (Å²) >= 11 is 0. The van der Waals surface area contributed by atoms with Gasteiger partial charge in [0.25, 0.3) is 5.91 Å². The highest BCUT2D eigenvalue weighted by Crippen LogP contribution is 2.43. The molecule has 20 heteroatoms. The number of hydrogen-bond donors (Lipinski definition) is 5. The van der Waals surface area contributed by atoms with Gasteiger partial charge in [-0.15, -0.1) is 6.42 Å². The second-order valence-electron chi connectivity index (χ2n) is 13.5. The van der Waals surface area contributed by atoms with Crippen molar-refractivity contribution in [3.63, 3.8) is 0 Å². The first kappa shape index (κ1) is 48.9. The van der Waals surface area contributed by atoms with Crippen molar-refractivity contribution in [2.75, 3.05) is 0 Å². The first-order valence-electron chi connectivity index (χ1n) is 17.3. The Kier molecular flexibility index (Phi) is 23.5. The molecule has 0 aliphatic heterocycles. The lowest BCUT2D eigenvalue weighted by molar-refractivity contribution is -0.144. The summed E-state index contributed by atoms with van der Waals surface area (Å²) in [6, 6.07) is -0.822. The van der Waals surface area contributed by atoms with E-state index in [4.69, 9.17) is 62.3 Å². The van der Waals surface area contributed by atoms with Gasteiger partial charge in [0.15, 0.2) is 5.78 Å². The van der Waals surface area contributed by atoms with Gasteiger partial charge in [-0.05, 0) is 81.5 Å². The van der Waals surface area contributed by atoms with Crippen molar-refractivity contribution in [2.24, 2.45) is 28.5 Å². The zero-order chi connectivity index (χ0) is 40.1. The molecule has 0 aromatic rings. The number of aliphatic hydroxyl groups is 1. The Labute approximate surface area is 317 Å². The van der Waals surface area contributed by atoms with E-state index in [9.17, 15) is 33.5 Å². The van der Waals surface area contributed by atoms with Crippen LogP contribution in [0.5, 0.6) is 0 Å². The normalized spacial score (nSPS) is 19.7. The summed E-state index contributed by atoms with van der Waals surface area (Å²) < 4.78 is 13.9. The second-order valence-corrected chi connectivity index (χ2v) is 13.5. The molecule has 4 atom stereocenters. The highest BCUT2D eigenvalue weighted by atomic mass is 19.1. The van der Waals surface area contributed by atoms with Gasteiger partial charge in [-0.2, -0.15) is 0 Å². The number of nitrogens with two attached hydrogens (primary N) is 3. The van der Waals surface area contributed by atoms with Crippen molar-refractivity contribution >= 4 is 94.2 Å². The average Bonchev–Trinajstić information content (AvgIpc) is 3.83. The van der Waals surface area contributed by atoms with E-state index in [0.717, 1.165) is 32.1 Å². The number of terminal acetylenes is 1. The van der Waals surface area contributed by atoms with E-state index in [0.29, 0.717) is 38.5 Å². The third-order valence-corrected chi connectivity index (χ3v) is 9.43. The maximum atomic E-state index is 13.9. The molecule has 8 N–H and O–H groups in total. The largest absolute Gasteiger partial charge is 0.381 e. The van der Waals surface area contributed by atoms with Crippen LogP contribution >= 0.6 is 0 Å². The fourth-order valence-electron chi connectivity index (χ4n) is 6.56. The van der Waals surface area contributed by atoms with E-state index >= 15 is 0 Å². The summed E-state index contributed by atoms with van der Waals surface area (Å²) in [6.07, 6.45) is 8.98. The van der Waals surface area contributed by atoms with E-state index in [1.54, 1.807) is 6.92 Å². The van der Waals surface area contributed by atoms with Crippen molar-refractivity contribution in [2.45, 2.75) is 121 Å². The Balaban J connectivity index is 0.000000791. The molecule has 3 saturated carbocycles. The number of ketones is 2. The predicted molar refractivity (Wildman–Crippen MR) is 212 cm³/mol. The topological polar surface area (TPSA) is 196 Å². The number of aliphatic hydroxyl groups excluding tert-OH is 1. The number of amides is 3. The molecule has 3 unspecified atom stereocenters. The molecule has 0 saturated heterocycles. The molecule has 0 heterocycles. The van der Waals surface area contributed by atoms with Crippen molar-refractivity contribution in [3.05, 3.63) is 0 Å². The quantitative estimate of drug-likeness (QED) is 0.0827. The van der Waals surface area contributed by atoms with Gasteiger partial charge in [-0.3, -0.25) is 24.0 Å². The van der Waals surface area contributed by atoms with Gasteiger partial charge in [0.2, 0.25) is 17.6 Å². The zero-order valence-electron chi connectivity index (χ0n) is 30.4. The van der Waals surface area contributed by atoms with Crippen LogP contribution in [0.3, 0.4) is 0 Å². The SMILES string of the molecule is C#CC#CC#CC.CC(=O)N[C@@H](CC1CCCC1F)C(=O)CC1(C(=O)C(N)=O)CCCC1.NC(=O)C(O)C1(N)CCCC1.[B][B]B(B([B])[B])B([B])[B]. The van der Waals surface area contributed by atoms with Crippen LogP contribution in [0, 0.1) is 47.4 Å². The number of nitrogens with one attached hydrogen (secondary N) is 1. The number of carbonyl (C=O) groups excluding carboxylic acids is 5. The maximum absolute atomic E-state index is 13.9. The molecular formula is C32H45B9FN4O6. The lowest BCUT2D eigenvalue weighted by Gasteiger charge is -2.28. The van der Waals surface area contributed by atoms with Crippen LogP contribution in [0.4, 0.5) is 4.39 Å². The summed E-state index contributed by atoms with van der Waals surface area (Å²) in [6.45, 7) is 3.02. The van der Waals surface area contributed by atoms with Gasteiger partial charge in [0.05, 0.1) is 11.6 Å². The molecule has 10 nitrogen and oxygen atoms in total. The van der Waals surface area contributed by atoms with Crippen LogP contribution in [-0.2, 0) is 24.0 Å². The lowest BCUT2D eigenvalue weighted by Crippen LogP contribution is -2.55. The highest BCUT2D eigenvalue weighted by Gasteiger charge is 2.46. The Hall–Kier alpha value is -3.14. The molecule has 52 heavy (non-hydrogen) atoms. The van der Waals surface area contributed by atoms with Crippen LogP contribution in [0.2, 0.25) is 0 Å². The van der Waals surface area contributed by atoms with Crippen LogP contribution in [0.1, 0.15) is 97.3 Å². The van der Waals surface area contributed by atoms with Gasteiger partial charge in [-0.1, -0.05) is 38.0 Å². The minimum Gasteiger partial charge on any atom is -0.381 e. The van der Waals surface area contributed by atoms with E-state index in [1.807, 2.05) is 0 Å². The average molecular weight is 698 g/mol. The third kappa shape index (κ3) is 17.1. The zero-order valence-corrected chi connectivity index (χ0v) is 30.4. The molecule has 0 aromatic heterocycles. The van der Waals surface area contributed by atoms with E-state index in [-0.39, 0.29) is 36.8 Å². The summed E-state index contributed by atoms with van der Waals surface area (Å²) in [5.41, 5.74) is 14.1. The van der Waals surface area contributed by atoms with Gasteiger partial charge in [0, 0.05) is 83.7 Å². The van der Waals surface area contributed by atoms with Crippen LogP contribution in [0.25, 0.3) is 0 Å². The molecule has 3 aliphatic carbocycles. The number of hydrogen-bond acceptors (Lipinski definition) is 7. The smallest absolute Gasteiger partial charge is 0.285 e. The number of Topliss-reactive ketones (excluding diaryl/α,β-unsaturated/α-hetero) is 2. The fourth-order valence-corrected chi connectivity index (χ4v) is 6.56. The standard InChI is InChI=1S/C18H27FN2O4.C7H14N2O2.C7H4.B9/c1-11(22)21-14(9-12-5-4-6-13(12)19)15(23)10-18(7-2-3-8-18)16(24)17(20)25;8-6(11)5(10)7(9)3-1-2-4-7;1-3-5-7-6-4-2;1-6-9(7(2)3)8(4)5/h12-14H,2-10H2,1H3,(H2,20,25)(H,21,22);5,10H,1-4,9H2,(H2,8,11);1H,2H3;/t12?,13?,14-;;;/m0.../s1. The third-order valence-electron chi connectivity index (χ3n) is 9.43. The molecule has 3 aliphatic rings. The minimum absolute atomic E-state index is 0.122. The first-order chi connectivity index (χ1) is 24.3. The maximum Gasteiger partial charge on any atom is 0.285 e. The van der Waals surface area contributed by atoms with E-state index < -0.39 is 59.6 Å². The van der Waals surface area contributed by atoms with Gasteiger partial charge in [-0.25, -0.2) is 4.39 Å². The van der Waals surface area contributed by atoms with Crippen LogP contribution < -0.4 is 22.5 Å². The van der Waals surface area contributed by atoms with Gasteiger partial charge >= 0.3 is 0 Å². The molecule has 3 rings (SSSR count). The monoisotopic (exact) mass is 699 g/mol. The molecule has 0 bridgehead atoms. The molecule has 0 aromatic carbocycles. The first-order valence-corrected chi connectivity index (χ1v) is 17.3. The number of rotatable bonds is 13. The number of primary amides is 2. The number of carbonyl (C=O) groups is 5. The second kappa shape index (κ2) is 25.0. The van der Waals surface area contributed by atoms with Crippen LogP contribution in [0.15, 0.2) is 0 Å². The van der Waals surface area contributed by atoms with Gasteiger partial charge < -0.3 is 27.6 Å². The van der Waals surface area contributed by atoms with Crippen molar-refractivity contribution < 1.29 is 33.5 Å². The molecule has 3 fully saturated rings. The Morgan fingerprint density at radius 1 is 0.962 bits per heavy atom. The lowest BCUT2D eigenvalue weighted by atomic mass is 8.64. The van der Waals surface area contributed by atoms with Crippen molar-refractivity contribution in [3.8, 4) is 36.0 Å². The summed E-state index contributed by atoms with van der Waals surface area (Å²) in [5, 5.41) is 11.9. The summed E-state index contributed by atoms with van der Waals surface area (Å²) in [7, 11) is 27.5.